The molecule has 0 saturated carbocycles. The molecule has 1 amide bonds. The SMILES string of the molecule is C[C@H]1CC2(CCN(c3ncc(Sc4cccc(C(=O)N(C)C)c4Cl)c4nccn34)CC2)CO1. The van der Waals surface area contributed by atoms with Gasteiger partial charge in [-0.1, -0.05) is 29.4 Å². The largest absolute Gasteiger partial charge is 0.378 e. The van der Waals surface area contributed by atoms with Crippen LogP contribution in [0, 0.1) is 5.41 Å². The maximum atomic E-state index is 12.5. The summed E-state index contributed by atoms with van der Waals surface area (Å²) in [6.07, 6.45) is 9.38. The molecule has 4 heterocycles. The van der Waals surface area contributed by atoms with Crippen molar-refractivity contribution in [1.82, 2.24) is 19.3 Å². The summed E-state index contributed by atoms with van der Waals surface area (Å²) in [5, 5.41) is 0.448. The summed E-state index contributed by atoms with van der Waals surface area (Å²) < 4.78 is 7.93. The molecule has 0 bridgehead atoms. The zero-order valence-corrected chi connectivity index (χ0v) is 20.7. The van der Waals surface area contributed by atoms with Crippen molar-refractivity contribution in [2.45, 2.75) is 42.1 Å². The molecular weight excluding hydrogens is 458 g/mol. The molecule has 174 valence electrons. The molecule has 2 aliphatic heterocycles. The molecule has 2 saturated heterocycles. The number of piperidine rings is 1. The van der Waals surface area contributed by atoms with Crippen LogP contribution in [0.25, 0.3) is 5.65 Å². The molecule has 0 aliphatic carbocycles. The zero-order valence-electron chi connectivity index (χ0n) is 19.1. The number of anilines is 1. The minimum atomic E-state index is -0.119. The number of nitrogens with zero attached hydrogens (tertiary/aromatic N) is 5. The normalized spacial score (nSPS) is 20.0. The summed E-state index contributed by atoms with van der Waals surface area (Å²) in [5.74, 6) is 0.795. The molecule has 0 unspecified atom stereocenters. The van der Waals surface area contributed by atoms with Crippen molar-refractivity contribution in [3.8, 4) is 0 Å². The van der Waals surface area contributed by atoms with Crippen LogP contribution in [0.3, 0.4) is 0 Å². The monoisotopic (exact) mass is 485 g/mol. The number of carbonyl (C=O) groups excluding carboxylic acids is 1. The maximum absolute atomic E-state index is 12.5. The number of aromatic nitrogens is 3. The zero-order chi connectivity index (χ0) is 23.2. The van der Waals surface area contributed by atoms with E-state index < -0.39 is 0 Å². The molecule has 7 nitrogen and oxygen atoms in total. The summed E-state index contributed by atoms with van der Waals surface area (Å²) in [7, 11) is 3.44. The lowest BCUT2D eigenvalue weighted by Gasteiger charge is -2.39. The van der Waals surface area contributed by atoms with Gasteiger partial charge in [0.05, 0.1) is 28.2 Å². The van der Waals surface area contributed by atoms with Gasteiger partial charge >= 0.3 is 0 Å². The quantitative estimate of drug-likeness (QED) is 0.537. The van der Waals surface area contributed by atoms with Gasteiger partial charge in [-0.05, 0) is 43.7 Å². The van der Waals surface area contributed by atoms with Crippen molar-refractivity contribution < 1.29 is 9.53 Å². The van der Waals surface area contributed by atoms with E-state index in [1.807, 2.05) is 24.5 Å². The molecule has 1 atom stereocenters. The second-order valence-electron chi connectivity index (χ2n) is 9.28. The molecule has 9 heteroatoms. The van der Waals surface area contributed by atoms with Crippen LogP contribution < -0.4 is 4.90 Å². The van der Waals surface area contributed by atoms with Gasteiger partial charge < -0.3 is 14.5 Å². The van der Waals surface area contributed by atoms with Crippen LogP contribution in [0.5, 0.6) is 0 Å². The van der Waals surface area contributed by atoms with Gasteiger partial charge in [-0.25, -0.2) is 9.97 Å². The third-order valence-corrected chi connectivity index (χ3v) is 8.28. The Bertz CT molecular complexity index is 1190. The number of benzene rings is 1. The standard InChI is InChI=1S/C24H28ClN5O2S/c1-16-13-24(15-32-16)7-10-29(11-8-24)23-27-14-19(21-26-9-12-30(21)23)33-18-6-4-5-17(20(18)25)22(31)28(2)3/h4-6,9,12,14,16H,7-8,10-11,13,15H2,1-3H3/t16-/m0/s1. The number of amides is 1. The Morgan fingerprint density at radius 3 is 2.73 bits per heavy atom. The molecule has 0 N–H and O–H groups in total. The number of rotatable bonds is 4. The van der Waals surface area contributed by atoms with Gasteiger partial charge in [-0.2, -0.15) is 0 Å². The van der Waals surface area contributed by atoms with Gasteiger partial charge in [-0.3, -0.25) is 9.20 Å². The topological polar surface area (TPSA) is 63.0 Å². The Labute approximate surface area is 203 Å². The highest BCUT2D eigenvalue weighted by atomic mass is 35.5. The Hall–Kier alpha value is -2.29. The van der Waals surface area contributed by atoms with Gasteiger partial charge in [0.15, 0.2) is 5.65 Å². The molecule has 5 rings (SSSR count). The fourth-order valence-electron chi connectivity index (χ4n) is 4.88. The average Bonchev–Trinajstić information content (AvgIpc) is 3.43. The predicted molar refractivity (Wildman–Crippen MR) is 130 cm³/mol. The fourth-order valence-corrected chi connectivity index (χ4v) is 6.13. The van der Waals surface area contributed by atoms with Gasteiger partial charge in [-0.15, -0.1) is 0 Å². The van der Waals surface area contributed by atoms with Crippen LogP contribution in [0.4, 0.5) is 5.95 Å². The van der Waals surface area contributed by atoms with Crippen LogP contribution in [-0.2, 0) is 4.74 Å². The smallest absolute Gasteiger partial charge is 0.254 e. The average molecular weight is 486 g/mol. The third kappa shape index (κ3) is 4.20. The van der Waals surface area contributed by atoms with E-state index in [0.717, 1.165) is 60.3 Å². The van der Waals surface area contributed by atoms with E-state index in [1.165, 1.54) is 16.7 Å². The lowest BCUT2D eigenvalue weighted by Crippen LogP contribution is -2.41. The van der Waals surface area contributed by atoms with Gasteiger partial charge in [0.25, 0.3) is 5.91 Å². The first-order chi connectivity index (χ1) is 15.9. The Balaban J connectivity index is 1.40. The van der Waals surface area contributed by atoms with Crippen LogP contribution in [0.2, 0.25) is 5.02 Å². The van der Waals surface area contributed by atoms with Crippen molar-refractivity contribution in [2.75, 3.05) is 38.7 Å². The second kappa shape index (κ2) is 8.81. The fraction of sp³-hybridized carbons (Fsp3) is 0.458. The summed E-state index contributed by atoms with van der Waals surface area (Å²) in [4.78, 5) is 27.5. The Kier molecular flexibility index (Phi) is 6.01. The summed E-state index contributed by atoms with van der Waals surface area (Å²) >= 11 is 8.09. The molecular formula is C24H28ClN5O2S. The van der Waals surface area contributed by atoms with E-state index >= 15 is 0 Å². The molecule has 2 aliphatic rings. The van der Waals surface area contributed by atoms with E-state index in [9.17, 15) is 4.79 Å². The first-order valence-electron chi connectivity index (χ1n) is 11.2. The van der Waals surface area contributed by atoms with E-state index in [2.05, 4.69) is 21.2 Å². The maximum Gasteiger partial charge on any atom is 0.254 e. The van der Waals surface area contributed by atoms with Gasteiger partial charge in [0, 0.05) is 50.7 Å². The summed E-state index contributed by atoms with van der Waals surface area (Å²) in [5.41, 5.74) is 1.65. The predicted octanol–water partition coefficient (Wildman–Crippen LogP) is 4.63. The Morgan fingerprint density at radius 1 is 1.24 bits per heavy atom. The van der Waals surface area contributed by atoms with Crippen molar-refractivity contribution in [3.05, 3.63) is 47.4 Å². The van der Waals surface area contributed by atoms with Crippen LogP contribution in [0.15, 0.2) is 46.6 Å². The summed E-state index contributed by atoms with van der Waals surface area (Å²) in [6, 6.07) is 5.52. The van der Waals surface area contributed by atoms with Gasteiger partial charge in [0.2, 0.25) is 5.95 Å². The lowest BCUT2D eigenvalue weighted by molar-refractivity contribution is 0.0827. The van der Waals surface area contributed by atoms with Crippen molar-refractivity contribution in [2.24, 2.45) is 5.41 Å². The molecule has 2 fully saturated rings. The van der Waals surface area contributed by atoms with E-state index in [-0.39, 0.29) is 5.91 Å². The molecule has 0 radical (unpaired) electrons. The van der Waals surface area contributed by atoms with E-state index in [0.29, 0.717) is 22.1 Å². The van der Waals surface area contributed by atoms with E-state index in [4.69, 9.17) is 21.3 Å². The summed E-state index contributed by atoms with van der Waals surface area (Å²) in [6.45, 7) is 4.97. The van der Waals surface area contributed by atoms with Crippen molar-refractivity contribution >= 4 is 40.9 Å². The first kappa shape index (κ1) is 22.5. The number of halogens is 1. The van der Waals surface area contributed by atoms with Crippen molar-refractivity contribution in [3.63, 3.8) is 0 Å². The van der Waals surface area contributed by atoms with Crippen LogP contribution in [0.1, 0.15) is 36.5 Å². The molecule has 1 aromatic carbocycles. The first-order valence-corrected chi connectivity index (χ1v) is 12.4. The highest BCUT2D eigenvalue weighted by Crippen LogP contribution is 2.43. The van der Waals surface area contributed by atoms with Crippen LogP contribution >= 0.6 is 23.4 Å². The number of fused-ring (bicyclic) bond motifs is 1. The highest BCUT2D eigenvalue weighted by Gasteiger charge is 2.41. The number of ether oxygens (including phenoxy) is 1. The highest BCUT2D eigenvalue weighted by molar-refractivity contribution is 7.99. The van der Waals surface area contributed by atoms with Crippen LogP contribution in [-0.4, -0.2) is 65.1 Å². The second-order valence-corrected chi connectivity index (χ2v) is 10.7. The number of carbonyl (C=O) groups is 1. The number of hydrogen-bond donors (Lipinski definition) is 0. The minimum Gasteiger partial charge on any atom is -0.378 e. The van der Waals surface area contributed by atoms with E-state index in [1.54, 1.807) is 26.4 Å². The molecule has 3 aromatic rings. The minimum absolute atomic E-state index is 0.119. The molecule has 1 spiro atoms. The number of imidazole rings is 1. The third-order valence-electron chi connectivity index (χ3n) is 6.70. The molecule has 2 aromatic heterocycles. The number of hydrogen-bond acceptors (Lipinski definition) is 6. The lowest BCUT2D eigenvalue weighted by atomic mass is 9.77. The van der Waals surface area contributed by atoms with Gasteiger partial charge in [0.1, 0.15) is 0 Å². The Morgan fingerprint density at radius 2 is 2.03 bits per heavy atom. The molecule has 33 heavy (non-hydrogen) atoms. The van der Waals surface area contributed by atoms with Crippen molar-refractivity contribution in [1.29, 1.82) is 0 Å².